The zero-order valence-corrected chi connectivity index (χ0v) is 11.5. The van der Waals surface area contributed by atoms with Gasteiger partial charge in [0.15, 0.2) is 0 Å². The van der Waals surface area contributed by atoms with Crippen LogP contribution in [0, 0.1) is 0 Å². The van der Waals surface area contributed by atoms with Crippen molar-refractivity contribution in [2.75, 3.05) is 0 Å². The van der Waals surface area contributed by atoms with Crippen LogP contribution in [0.5, 0.6) is 5.88 Å². The second-order valence-electron chi connectivity index (χ2n) is 4.19. The first-order valence-electron chi connectivity index (χ1n) is 5.92. The quantitative estimate of drug-likeness (QED) is 0.880. The van der Waals surface area contributed by atoms with Crippen molar-refractivity contribution in [2.24, 2.45) is 5.73 Å². The average Bonchev–Trinajstić information content (AvgIpc) is 2.45. The Kier molecular flexibility index (Phi) is 4.42. The number of ether oxygens (including phenoxy) is 1. The van der Waals surface area contributed by atoms with E-state index in [-0.39, 0.29) is 23.0 Å². The molecule has 110 valence electrons. The van der Waals surface area contributed by atoms with Gasteiger partial charge in [0, 0.05) is 0 Å². The van der Waals surface area contributed by atoms with Gasteiger partial charge in [0.2, 0.25) is 5.88 Å². The fraction of sp³-hybridized carbons (Fsp3) is 0.143. The Hall–Kier alpha value is -2.15. The lowest BCUT2D eigenvalue weighted by Gasteiger charge is -2.12. The van der Waals surface area contributed by atoms with E-state index in [9.17, 15) is 13.2 Å². The van der Waals surface area contributed by atoms with Crippen molar-refractivity contribution < 1.29 is 17.9 Å². The Bertz CT molecular complexity index is 644. The monoisotopic (exact) mass is 312 g/mol. The van der Waals surface area contributed by atoms with Gasteiger partial charge in [0.1, 0.15) is 17.3 Å². The number of pyridine rings is 1. The first kappa shape index (κ1) is 15.2. The summed E-state index contributed by atoms with van der Waals surface area (Å²) in [6, 6.07) is 11.0. The van der Waals surface area contributed by atoms with Gasteiger partial charge >= 0.3 is 6.18 Å². The second kappa shape index (κ2) is 6.09. The number of nitrogens with two attached hydrogens (primary N) is 1. The zero-order valence-electron chi connectivity index (χ0n) is 10.7. The summed E-state index contributed by atoms with van der Waals surface area (Å²) in [4.78, 5) is 3.40. The number of halogens is 3. The molecular formula is C14H11F3N2OS. The van der Waals surface area contributed by atoms with Gasteiger partial charge in [-0.25, -0.2) is 4.98 Å². The number of hydrogen-bond acceptors (Lipinski definition) is 3. The topological polar surface area (TPSA) is 48.1 Å². The highest BCUT2D eigenvalue weighted by atomic mass is 32.1. The van der Waals surface area contributed by atoms with E-state index in [2.05, 4.69) is 4.98 Å². The van der Waals surface area contributed by atoms with Gasteiger partial charge in [-0.05, 0) is 17.7 Å². The molecule has 2 aromatic rings. The predicted molar refractivity (Wildman–Crippen MR) is 75.9 cm³/mol. The van der Waals surface area contributed by atoms with E-state index in [0.717, 1.165) is 11.6 Å². The normalized spacial score (nSPS) is 11.2. The summed E-state index contributed by atoms with van der Waals surface area (Å²) < 4.78 is 43.4. The minimum atomic E-state index is -4.56. The molecule has 2 N–H and O–H groups in total. The minimum Gasteiger partial charge on any atom is -0.472 e. The summed E-state index contributed by atoms with van der Waals surface area (Å²) in [5, 5.41) is 0. The molecule has 0 amide bonds. The van der Waals surface area contributed by atoms with Gasteiger partial charge in [-0.3, -0.25) is 0 Å². The smallest absolute Gasteiger partial charge is 0.433 e. The summed E-state index contributed by atoms with van der Waals surface area (Å²) in [6.07, 6.45) is -4.56. The second-order valence-corrected chi connectivity index (χ2v) is 4.63. The third-order valence-corrected chi connectivity index (χ3v) is 2.85. The van der Waals surface area contributed by atoms with Gasteiger partial charge in [0.05, 0.1) is 5.56 Å². The molecule has 3 nitrogen and oxygen atoms in total. The van der Waals surface area contributed by atoms with Crippen LogP contribution in [0.25, 0.3) is 0 Å². The largest absolute Gasteiger partial charge is 0.472 e. The van der Waals surface area contributed by atoms with Crippen molar-refractivity contribution in [1.29, 1.82) is 0 Å². The third-order valence-electron chi connectivity index (χ3n) is 2.63. The molecule has 0 saturated heterocycles. The number of thiocarbonyl (C=S) groups is 1. The van der Waals surface area contributed by atoms with Crippen LogP contribution >= 0.6 is 12.2 Å². The highest BCUT2D eigenvalue weighted by Crippen LogP contribution is 2.30. The average molecular weight is 312 g/mol. The summed E-state index contributed by atoms with van der Waals surface area (Å²) in [6.45, 7) is 0.0742. The van der Waals surface area contributed by atoms with Crippen LogP contribution in [-0.2, 0) is 12.8 Å². The first-order valence-corrected chi connectivity index (χ1v) is 6.33. The van der Waals surface area contributed by atoms with E-state index in [1.165, 1.54) is 6.07 Å². The van der Waals surface area contributed by atoms with E-state index in [4.69, 9.17) is 22.7 Å². The number of aromatic nitrogens is 1. The van der Waals surface area contributed by atoms with Crippen LogP contribution in [0.2, 0.25) is 0 Å². The number of nitrogens with zero attached hydrogens (tertiary/aromatic N) is 1. The van der Waals surface area contributed by atoms with Crippen molar-refractivity contribution in [3.63, 3.8) is 0 Å². The van der Waals surface area contributed by atoms with E-state index >= 15 is 0 Å². The molecular weight excluding hydrogens is 301 g/mol. The standard InChI is InChI=1S/C14H11F3N2OS/c15-14(16,17)11-7-6-10(12(18)21)13(19-11)20-8-9-4-2-1-3-5-9/h1-7H,8H2,(H2,18,21). The van der Waals surface area contributed by atoms with Crippen LogP contribution in [0.1, 0.15) is 16.8 Å². The van der Waals surface area contributed by atoms with Crippen LogP contribution in [0.15, 0.2) is 42.5 Å². The molecule has 0 aliphatic rings. The molecule has 1 heterocycles. The maximum absolute atomic E-state index is 12.7. The fourth-order valence-electron chi connectivity index (χ4n) is 1.62. The lowest BCUT2D eigenvalue weighted by molar-refractivity contribution is -0.141. The highest BCUT2D eigenvalue weighted by molar-refractivity contribution is 7.80. The molecule has 1 aromatic carbocycles. The molecule has 0 unspecified atom stereocenters. The maximum Gasteiger partial charge on any atom is 0.433 e. The molecule has 0 radical (unpaired) electrons. The minimum absolute atomic E-state index is 0.0701. The number of hydrogen-bond donors (Lipinski definition) is 1. The van der Waals surface area contributed by atoms with E-state index < -0.39 is 11.9 Å². The van der Waals surface area contributed by atoms with Crippen LogP contribution in [-0.4, -0.2) is 9.97 Å². The van der Waals surface area contributed by atoms with E-state index in [1.807, 2.05) is 6.07 Å². The van der Waals surface area contributed by atoms with Gasteiger partial charge in [0.25, 0.3) is 0 Å². The molecule has 21 heavy (non-hydrogen) atoms. The van der Waals surface area contributed by atoms with Crippen molar-refractivity contribution >= 4 is 17.2 Å². The van der Waals surface area contributed by atoms with Gasteiger partial charge in [-0.2, -0.15) is 13.2 Å². The zero-order chi connectivity index (χ0) is 15.5. The molecule has 0 atom stereocenters. The number of benzene rings is 1. The van der Waals surface area contributed by atoms with Crippen LogP contribution in [0.4, 0.5) is 13.2 Å². The third kappa shape index (κ3) is 3.91. The highest BCUT2D eigenvalue weighted by Gasteiger charge is 2.33. The lowest BCUT2D eigenvalue weighted by atomic mass is 10.2. The first-order chi connectivity index (χ1) is 9.88. The molecule has 1 aromatic heterocycles. The molecule has 0 aliphatic carbocycles. The van der Waals surface area contributed by atoms with Crippen LogP contribution < -0.4 is 10.5 Å². The van der Waals surface area contributed by atoms with Crippen molar-refractivity contribution in [2.45, 2.75) is 12.8 Å². The Morgan fingerprint density at radius 3 is 2.38 bits per heavy atom. The SMILES string of the molecule is NC(=S)c1ccc(C(F)(F)F)nc1OCc1ccccc1. The van der Waals surface area contributed by atoms with Gasteiger partial charge < -0.3 is 10.5 Å². The Morgan fingerprint density at radius 1 is 1.14 bits per heavy atom. The Morgan fingerprint density at radius 2 is 1.81 bits per heavy atom. The molecule has 0 saturated carbocycles. The van der Waals surface area contributed by atoms with E-state index in [1.54, 1.807) is 24.3 Å². The van der Waals surface area contributed by atoms with E-state index in [0.29, 0.717) is 0 Å². The molecule has 0 spiro atoms. The van der Waals surface area contributed by atoms with Gasteiger partial charge in [-0.1, -0.05) is 42.5 Å². The van der Waals surface area contributed by atoms with Crippen molar-refractivity contribution in [3.05, 3.63) is 59.3 Å². The molecule has 7 heteroatoms. The fourth-order valence-corrected chi connectivity index (χ4v) is 1.78. The molecule has 2 rings (SSSR count). The van der Waals surface area contributed by atoms with Crippen molar-refractivity contribution in [1.82, 2.24) is 4.98 Å². The number of rotatable bonds is 4. The maximum atomic E-state index is 12.7. The Balaban J connectivity index is 2.29. The summed E-state index contributed by atoms with van der Waals surface area (Å²) in [5.41, 5.74) is 5.39. The van der Waals surface area contributed by atoms with Crippen molar-refractivity contribution in [3.8, 4) is 5.88 Å². The number of alkyl halides is 3. The molecule has 0 bridgehead atoms. The van der Waals surface area contributed by atoms with Gasteiger partial charge in [-0.15, -0.1) is 0 Å². The lowest BCUT2D eigenvalue weighted by Crippen LogP contribution is -2.16. The van der Waals surface area contributed by atoms with Crippen LogP contribution in [0.3, 0.4) is 0 Å². The molecule has 0 fully saturated rings. The predicted octanol–water partition coefficient (Wildman–Crippen LogP) is 3.31. The summed E-state index contributed by atoms with van der Waals surface area (Å²) >= 11 is 4.79. The summed E-state index contributed by atoms with van der Waals surface area (Å²) in [5.74, 6) is -0.221. The Labute approximate surface area is 124 Å². The summed E-state index contributed by atoms with van der Waals surface area (Å²) in [7, 11) is 0. The molecule has 0 aliphatic heterocycles.